The topological polar surface area (TPSA) is 49.4 Å². The monoisotopic (exact) mass is 182 g/mol. The molecule has 0 radical (unpaired) electrons. The minimum absolute atomic E-state index is 0.0202. The average molecular weight is 182 g/mol. The molecule has 2 amide bonds. The molecule has 0 aromatic carbocycles. The molecule has 2 aliphatic heterocycles. The fourth-order valence-corrected chi connectivity index (χ4v) is 2.09. The Morgan fingerprint density at radius 1 is 1.38 bits per heavy atom. The number of carbonyl (C=O) groups excluding carboxylic acids is 2. The van der Waals surface area contributed by atoms with Crippen LogP contribution in [0, 0.1) is 0 Å². The smallest absolute Gasteiger partial charge is 0.245 e. The summed E-state index contributed by atoms with van der Waals surface area (Å²) in [5.41, 5.74) is 0. The molecular weight excluding hydrogens is 168 g/mol. The van der Waals surface area contributed by atoms with Gasteiger partial charge in [0.25, 0.3) is 0 Å². The first kappa shape index (κ1) is 8.53. The maximum atomic E-state index is 11.6. The quantitative estimate of drug-likeness (QED) is 0.568. The number of nitrogens with zero attached hydrogens (tertiary/aromatic N) is 1. The van der Waals surface area contributed by atoms with Gasteiger partial charge in [0.1, 0.15) is 12.1 Å². The molecule has 2 fully saturated rings. The van der Waals surface area contributed by atoms with Crippen molar-refractivity contribution in [1.29, 1.82) is 0 Å². The molecule has 0 aromatic heterocycles. The van der Waals surface area contributed by atoms with Crippen LogP contribution < -0.4 is 5.32 Å². The van der Waals surface area contributed by atoms with Crippen LogP contribution in [0.1, 0.15) is 26.2 Å². The van der Waals surface area contributed by atoms with Gasteiger partial charge in [-0.3, -0.25) is 9.59 Å². The van der Waals surface area contributed by atoms with Gasteiger partial charge in [-0.2, -0.15) is 0 Å². The Bertz CT molecular complexity index is 252. The summed E-state index contributed by atoms with van der Waals surface area (Å²) in [7, 11) is 0. The summed E-state index contributed by atoms with van der Waals surface area (Å²) in [6.07, 6.45) is 2.91. The minimum atomic E-state index is -0.332. The molecule has 2 saturated heterocycles. The standard InChI is InChI=1S/C9H14N2O2/c1-6-9(13)11-5-3-2-4-7(11)8(12)10-6/h6-7H,2-5H2,1H3,(H,10,12). The maximum absolute atomic E-state index is 11.6. The number of amides is 2. The van der Waals surface area contributed by atoms with Crippen molar-refractivity contribution in [1.82, 2.24) is 10.2 Å². The Hall–Kier alpha value is -1.06. The number of fused-ring (bicyclic) bond motifs is 1. The van der Waals surface area contributed by atoms with Crippen molar-refractivity contribution in [3.63, 3.8) is 0 Å². The normalized spacial score (nSPS) is 34.1. The van der Waals surface area contributed by atoms with Gasteiger partial charge in [0.05, 0.1) is 0 Å². The van der Waals surface area contributed by atoms with Crippen LogP contribution in [-0.2, 0) is 9.59 Å². The summed E-state index contributed by atoms with van der Waals surface area (Å²) < 4.78 is 0. The summed E-state index contributed by atoms with van der Waals surface area (Å²) in [5.74, 6) is 0.0936. The third-order valence-electron chi connectivity index (χ3n) is 2.82. The molecular formula is C9H14N2O2. The Morgan fingerprint density at radius 2 is 2.15 bits per heavy atom. The molecule has 4 nitrogen and oxygen atoms in total. The fourth-order valence-electron chi connectivity index (χ4n) is 2.09. The second kappa shape index (κ2) is 3.01. The number of piperazine rings is 1. The van der Waals surface area contributed by atoms with E-state index >= 15 is 0 Å². The van der Waals surface area contributed by atoms with E-state index in [0.717, 1.165) is 25.8 Å². The Morgan fingerprint density at radius 3 is 2.92 bits per heavy atom. The molecule has 72 valence electrons. The van der Waals surface area contributed by atoms with Crippen LogP contribution in [0.4, 0.5) is 0 Å². The van der Waals surface area contributed by atoms with Crippen molar-refractivity contribution in [3.05, 3.63) is 0 Å². The third kappa shape index (κ3) is 1.30. The van der Waals surface area contributed by atoms with Crippen LogP contribution in [0.3, 0.4) is 0 Å². The van der Waals surface area contributed by atoms with E-state index < -0.39 is 0 Å². The van der Waals surface area contributed by atoms with Gasteiger partial charge >= 0.3 is 0 Å². The predicted octanol–water partition coefficient (Wildman–Crippen LogP) is -0.114. The number of piperidine rings is 1. The SMILES string of the molecule is CC1NC(=O)C2CCCCN2C1=O. The van der Waals surface area contributed by atoms with Gasteiger partial charge in [-0.1, -0.05) is 0 Å². The molecule has 13 heavy (non-hydrogen) atoms. The molecule has 0 aromatic rings. The summed E-state index contributed by atoms with van der Waals surface area (Å²) >= 11 is 0. The number of hydrogen-bond acceptors (Lipinski definition) is 2. The highest BCUT2D eigenvalue weighted by Crippen LogP contribution is 2.20. The second-order valence-corrected chi connectivity index (χ2v) is 3.77. The van der Waals surface area contributed by atoms with E-state index in [-0.39, 0.29) is 23.9 Å². The molecule has 2 aliphatic rings. The van der Waals surface area contributed by atoms with Crippen LogP contribution in [0.15, 0.2) is 0 Å². The van der Waals surface area contributed by atoms with Gasteiger partial charge in [-0.25, -0.2) is 0 Å². The van der Waals surface area contributed by atoms with Gasteiger partial charge in [0, 0.05) is 6.54 Å². The highest BCUT2D eigenvalue weighted by Gasteiger charge is 2.39. The van der Waals surface area contributed by atoms with Crippen molar-refractivity contribution in [2.45, 2.75) is 38.3 Å². The number of nitrogens with one attached hydrogen (secondary N) is 1. The van der Waals surface area contributed by atoms with E-state index in [1.54, 1.807) is 11.8 Å². The van der Waals surface area contributed by atoms with Gasteiger partial charge < -0.3 is 10.2 Å². The molecule has 0 spiro atoms. The van der Waals surface area contributed by atoms with Crippen LogP contribution >= 0.6 is 0 Å². The molecule has 2 atom stereocenters. The zero-order valence-electron chi connectivity index (χ0n) is 7.75. The summed E-state index contributed by atoms with van der Waals surface area (Å²) in [5, 5.41) is 2.70. The van der Waals surface area contributed by atoms with E-state index in [9.17, 15) is 9.59 Å². The number of carbonyl (C=O) groups is 2. The molecule has 2 heterocycles. The van der Waals surface area contributed by atoms with E-state index in [0.29, 0.717) is 0 Å². The van der Waals surface area contributed by atoms with E-state index in [4.69, 9.17) is 0 Å². The van der Waals surface area contributed by atoms with Gasteiger partial charge in [-0.05, 0) is 26.2 Å². The zero-order valence-corrected chi connectivity index (χ0v) is 7.75. The van der Waals surface area contributed by atoms with Gasteiger partial charge in [0.15, 0.2) is 0 Å². The van der Waals surface area contributed by atoms with Crippen molar-refractivity contribution in [2.24, 2.45) is 0 Å². The molecule has 0 saturated carbocycles. The minimum Gasteiger partial charge on any atom is -0.343 e. The van der Waals surface area contributed by atoms with Crippen LogP contribution in [0.5, 0.6) is 0 Å². The molecule has 4 heteroatoms. The van der Waals surface area contributed by atoms with Gasteiger partial charge in [0.2, 0.25) is 11.8 Å². The van der Waals surface area contributed by atoms with Crippen molar-refractivity contribution < 1.29 is 9.59 Å². The highest BCUT2D eigenvalue weighted by atomic mass is 16.2. The van der Waals surface area contributed by atoms with Crippen LogP contribution in [0.2, 0.25) is 0 Å². The highest BCUT2D eigenvalue weighted by molar-refractivity contribution is 5.96. The Kier molecular flexibility index (Phi) is 1.98. The van der Waals surface area contributed by atoms with E-state index in [2.05, 4.69) is 5.32 Å². The Balaban J connectivity index is 2.19. The lowest BCUT2D eigenvalue weighted by molar-refractivity contribution is -0.150. The first-order valence-electron chi connectivity index (χ1n) is 4.81. The van der Waals surface area contributed by atoms with Crippen LogP contribution in [0.25, 0.3) is 0 Å². The number of rotatable bonds is 0. The molecule has 1 N–H and O–H groups in total. The van der Waals surface area contributed by atoms with Crippen molar-refractivity contribution in [2.75, 3.05) is 6.54 Å². The predicted molar refractivity (Wildman–Crippen MR) is 47.0 cm³/mol. The number of hydrogen-bond donors (Lipinski definition) is 1. The second-order valence-electron chi connectivity index (χ2n) is 3.77. The Labute approximate surface area is 77.3 Å². The van der Waals surface area contributed by atoms with Gasteiger partial charge in [-0.15, -0.1) is 0 Å². The lowest BCUT2D eigenvalue weighted by Crippen LogP contribution is -2.63. The average Bonchev–Trinajstić information content (AvgIpc) is 2.15. The summed E-state index contributed by atoms with van der Waals surface area (Å²) in [6, 6.07) is -0.515. The summed E-state index contributed by atoms with van der Waals surface area (Å²) in [6.45, 7) is 2.49. The van der Waals surface area contributed by atoms with E-state index in [1.165, 1.54) is 0 Å². The van der Waals surface area contributed by atoms with Crippen LogP contribution in [-0.4, -0.2) is 35.3 Å². The molecule has 0 bridgehead atoms. The molecule has 0 aliphatic carbocycles. The first-order valence-corrected chi connectivity index (χ1v) is 4.81. The molecule has 2 rings (SSSR count). The largest absolute Gasteiger partial charge is 0.343 e. The fraction of sp³-hybridized carbons (Fsp3) is 0.778. The summed E-state index contributed by atoms with van der Waals surface area (Å²) in [4.78, 5) is 24.8. The van der Waals surface area contributed by atoms with Crippen molar-refractivity contribution >= 4 is 11.8 Å². The van der Waals surface area contributed by atoms with Crippen molar-refractivity contribution in [3.8, 4) is 0 Å². The first-order chi connectivity index (χ1) is 6.20. The maximum Gasteiger partial charge on any atom is 0.245 e. The van der Waals surface area contributed by atoms with E-state index in [1.807, 2.05) is 0 Å². The lowest BCUT2D eigenvalue weighted by Gasteiger charge is -2.40. The zero-order chi connectivity index (χ0) is 9.42. The lowest BCUT2D eigenvalue weighted by atomic mass is 9.97. The molecule has 2 unspecified atom stereocenters. The third-order valence-corrected chi connectivity index (χ3v) is 2.82.